The van der Waals surface area contributed by atoms with Crippen LogP contribution in [0.1, 0.15) is 54.4 Å². The number of hydrogen-bond acceptors (Lipinski definition) is 5. The molecule has 0 amide bonds. The summed E-state index contributed by atoms with van der Waals surface area (Å²) in [7, 11) is 0. The monoisotopic (exact) mass is 418 g/mol. The zero-order valence-corrected chi connectivity index (χ0v) is 17.8. The Balaban J connectivity index is 1.33. The Morgan fingerprint density at radius 1 is 0.677 bits per heavy atom. The predicted octanol–water partition coefficient (Wildman–Crippen LogP) is 3.94. The summed E-state index contributed by atoms with van der Waals surface area (Å²) in [5.41, 5.74) is 16.3. The highest BCUT2D eigenvalue weighted by atomic mass is 17.3. The maximum absolute atomic E-state index is 7.12. The Labute approximate surface area is 183 Å². The summed E-state index contributed by atoms with van der Waals surface area (Å²) in [6, 6.07) is 16.5. The fourth-order valence-electron chi connectivity index (χ4n) is 7.90. The van der Waals surface area contributed by atoms with Gasteiger partial charge < -0.3 is 16.2 Å². The third-order valence-electron chi connectivity index (χ3n) is 9.46. The standard InChI is InChI=1S/C26H30N2O3/c27-14-16-1-5-18(6-2-16)25(19-7-3-17(15-28)4-8-19)29-26(31-30-25)22-10-20-9-21-11-23(26)13-24(20,21)12-22/h1-8,20-23H,9-15,27-28H2. The van der Waals surface area contributed by atoms with E-state index >= 15 is 0 Å². The molecule has 5 aliphatic rings. The van der Waals surface area contributed by atoms with E-state index in [0.29, 0.717) is 30.3 Å². The molecule has 5 fully saturated rings. The van der Waals surface area contributed by atoms with Crippen molar-refractivity contribution in [1.82, 2.24) is 0 Å². The quantitative estimate of drug-likeness (QED) is 0.736. The van der Waals surface area contributed by atoms with E-state index in [4.69, 9.17) is 26.0 Å². The van der Waals surface area contributed by atoms with Crippen molar-refractivity contribution in [2.24, 2.45) is 40.6 Å². The van der Waals surface area contributed by atoms with Crippen molar-refractivity contribution >= 4 is 0 Å². The maximum Gasteiger partial charge on any atom is 0.256 e. The van der Waals surface area contributed by atoms with E-state index in [0.717, 1.165) is 34.1 Å². The smallest absolute Gasteiger partial charge is 0.256 e. The van der Waals surface area contributed by atoms with Crippen LogP contribution in [0.4, 0.5) is 0 Å². The summed E-state index contributed by atoms with van der Waals surface area (Å²) in [5, 5.41) is 0. The molecule has 0 radical (unpaired) electrons. The van der Waals surface area contributed by atoms with Gasteiger partial charge in [-0.3, -0.25) is 0 Å². The zero-order chi connectivity index (χ0) is 20.8. The van der Waals surface area contributed by atoms with Crippen molar-refractivity contribution in [1.29, 1.82) is 0 Å². The number of rotatable bonds is 4. The van der Waals surface area contributed by atoms with E-state index < -0.39 is 11.6 Å². The van der Waals surface area contributed by atoms with E-state index in [9.17, 15) is 0 Å². The van der Waals surface area contributed by atoms with Gasteiger partial charge in [0, 0.05) is 36.1 Å². The van der Waals surface area contributed by atoms with Crippen LogP contribution in [0.5, 0.6) is 0 Å². The fourth-order valence-corrected chi connectivity index (χ4v) is 7.90. The van der Waals surface area contributed by atoms with E-state index in [-0.39, 0.29) is 0 Å². The van der Waals surface area contributed by atoms with Gasteiger partial charge in [-0.15, -0.1) is 0 Å². The first-order valence-corrected chi connectivity index (χ1v) is 11.8. The predicted molar refractivity (Wildman–Crippen MR) is 115 cm³/mol. The minimum absolute atomic E-state index is 0.414. The molecule has 5 heteroatoms. The lowest BCUT2D eigenvalue weighted by Crippen LogP contribution is -2.49. The lowest BCUT2D eigenvalue weighted by molar-refractivity contribution is -0.370. The molecule has 1 aliphatic heterocycles. The van der Waals surface area contributed by atoms with Gasteiger partial charge in [0.05, 0.1) is 0 Å². The molecule has 2 spiro atoms. The molecular weight excluding hydrogens is 388 g/mol. The van der Waals surface area contributed by atoms with Crippen molar-refractivity contribution in [3.05, 3.63) is 70.8 Å². The molecule has 1 saturated heterocycles. The Morgan fingerprint density at radius 3 is 1.65 bits per heavy atom. The topological polar surface area (TPSA) is 79.7 Å². The normalized spacial score (nSPS) is 41.0. The van der Waals surface area contributed by atoms with Gasteiger partial charge in [-0.1, -0.05) is 48.5 Å². The van der Waals surface area contributed by atoms with E-state index in [1.54, 1.807) is 0 Å². The highest BCUT2D eigenvalue weighted by molar-refractivity contribution is 5.38. The zero-order valence-electron chi connectivity index (χ0n) is 17.8. The van der Waals surface area contributed by atoms with Crippen LogP contribution >= 0.6 is 0 Å². The van der Waals surface area contributed by atoms with Crippen LogP contribution in [0.15, 0.2) is 48.5 Å². The first kappa shape index (κ1) is 18.8. The molecule has 2 aromatic carbocycles. The molecule has 4 atom stereocenters. The summed E-state index contributed by atoms with van der Waals surface area (Å²) in [4.78, 5) is 12.7. The number of fused-ring (bicyclic) bond motifs is 4. The van der Waals surface area contributed by atoms with Gasteiger partial charge in [0.2, 0.25) is 5.79 Å². The Hall–Kier alpha value is -1.76. The molecule has 5 nitrogen and oxygen atoms in total. The summed E-state index contributed by atoms with van der Waals surface area (Å²) in [6.07, 6.45) is 6.30. The van der Waals surface area contributed by atoms with Crippen LogP contribution in [0, 0.1) is 29.1 Å². The highest BCUT2D eigenvalue weighted by Crippen LogP contribution is 2.79. The van der Waals surface area contributed by atoms with E-state index in [2.05, 4.69) is 48.5 Å². The molecule has 1 heterocycles. The van der Waals surface area contributed by atoms with Crippen LogP contribution < -0.4 is 11.5 Å². The van der Waals surface area contributed by atoms with Crippen LogP contribution in [0.3, 0.4) is 0 Å². The van der Waals surface area contributed by atoms with Gasteiger partial charge in [-0.05, 0) is 60.5 Å². The lowest BCUT2D eigenvalue weighted by atomic mass is 9.56. The third-order valence-corrected chi connectivity index (χ3v) is 9.46. The summed E-state index contributed by atoms with van der Waals surface area (Å²) in [5.74, 6) is 0.834. The second-order valence-electron chi connectivity index (χ2n) is 10.5. The van der Waals surface area contributed by atoms with E-state index in [1.165, 1.54) is 32.1 Å². The molecule has 162 valence electrons. The second kappa shape index (κ2) is 6.18. The molecule has 4 saturated carbocycles. The van der Waals surface area contributed by atoms with Gasteiger partial charge in [-0.25, -0.2) is 0 Å². The Kier molecular flexibility index (Phi) is 3.74. The van der Waals surface area contributed by atoms with Gasteiger partial charge in [0.25, 0.3) is 5.79 Å². The number of ether oxygens (including phenoxy) is 1. The molecule has 4 aliphatic carbocycles. The number of hydrogen-bond donors (Lipinski definition) is 2. The third kappa shape index (κ3) is 2.24. The fraction of sp³-hybridized carbons (Fsp3) is 0.538. The molecule has 0 aromatic heterocycles. The molecular formula is C26H30N2O3. The van der Waals surface area contributed by atoms with Crippen LogP contribution in [0.25, 0.3) is 0 Å². The van der Waals surface area contributed by atoms with E-state index in [1.807, 2.05) is 0 Å². The lowest BCUT2D eigenvalue weighted by Gasteiger charge is -2.49. The molecule has 4 unspecified atom stereocenters. The average molecular weight is 419 g/mol. The largest absolute Gasteiger partial charge is 0.326 e. The Morgan fingerprint density at radius 2 is 1.16 bits per heavy atom. The second-order valence-corrected chi connectivity index (χ2v) is 10.5. The molecule has 7 rings (SSSR count). The van der Waals surface area contributed by atoms with Crippen molar-refractivity contribution in [3.8, 4) is 0 Å². The Bertz CT molecular complexity index is 946. The SMILES string of the molecule is NCc1ccc(C2(c3ccc(CN)cc3)OOC3(O2)C2CC4CC5CC3CC45C2)cc1. The summed E-state index contributed by atoms with van der Waals surface area (Å²) in [6.45, 7) is 1.02. The minimum Gasteiger partial charge on any atom is -0.326 e. The number of nitrogens with two attached hydrogens (primary N) is 2. The van der Waals surface area contributed by atoms with Crippen molar-refractivity contribution in [2.45, 2.75) is 56.8 Å². The first-order valence-electron chi connectivity index (χ1n) is 11.8. The molecule has 4 N–H and O–H groups in total. The van der Waals surface area contributed by atoms with Crippen LogP contribution in [-0.4, -0.2) is 5.79 Å². The molecule has 2 aromatic rings. The maximum atomic E-state index is 7.12. The first-order chi connectivity index (χ1) is 15.1. The highest BCUT2D eigenvalue weighted by Gasteiger charge is 2.77. The molecule has 3 bridgehead atoms. The van der Waals surface area contributed by atoms with Gasteiger partial charge in [0.15, 0.2) is 0 Å². The summed E-state index contributed by atoms with van der Waals surface area (Å²) < 4.78 is 7.12. The average Bonchev–Trinajstić information content (AvgIpc) is 3.42. The van der Waals surface area contributed by atoms with Crippen molar-refractivity contribution in [2.75, 3.05) is 0 Å². The van der Waals surface area contributed by atoms with Crippen LogP contribution in [-0.2, 0) is 33.4 Å². The van der Waals surface area contributed by atoms with Crippen LogP contribution in [0.2, 0.25) is 0 Å². The number of benzene rings is 2. The summed E-state index contributed by atoms with van der Waals surface area (Å²) >= 11 is 0. The van der Waals surface area contributed by atoms with Crippen molar-refractivity contribution < 1.29 is 14.5 Å². The van der Waals surface area contributed by atoms with Gasteiger partial charge in [-0.2, -0.15) is 9.78 Å². The van der Waals surface area contributed by atoms with Gasteiger partial charge in [0.1, 0.15) is 0 Å². The molecule has 31 heavy (non-hydrogen) atoms. The van der Waals surface area contributed by atoms with Crippen molar-refractivity contribution in [3.63, 3.8) is 0 Å². The van der Waals surface area contributed by atoms with Gasteiger partial charge >= 0.3 is 0 Å². The minimum atomic E-state index is -1.07.